The van der Waals surface area contributed by atoms with Crippen molar-refractivity contribution in [1.29, 1.82) is 0 Å². The molecular weight excluding hydrogens is 302 g/mol. The molecule has 2 heterocycles. The Morgan fingerprint density at radius 2 is 1.75 bits per heavy atom. The van der Waals surface area contributed by atoms with Crippen molar-refractivity contribution >= 4 is 21.8 Å². The van der Waals surface area contributed by atoms with Crippen LogP contribution in [0.4, 0.5) is 0 Å². The average Bonchev–Trinajstić information content (AvgIpc) is 3.02. The first-order valence-corrected chi connectivity index (χ1v) is 7.63. The Bertz CT molecular complexity index is 1030. The van der Waals surface area contributed by atoms with Gasteiger partial charge >= 0.3 is 0 Å². The van der Waals surface area contributed by atoms with Gasteiger partial charge in [-0.05, 0) is 24.3 Å². The molecule has 24 heavy (non-hydrogen) atoms. The first-order chi connectivity index (χ1) is 11.7. The van der Waals surface area contributed by atoms with Crippen molar-refractivity contribution in [2.75, 3.05) is 14.2 Å². The van der Waals surface area contributed by atoms with E-state index in [4.69, 9.17) is 9.47 Å². The summed E-state index contributed by atoms with van der Waals surface area (Å²) in [6, 6.07) is 9.96. The summed E-state index contributed by atoms with van der Waals surface area (Å²) in [5.74, 6) is 1.54. The number of ether oxygens (including phenoxy) is 2. The number of nitrogens with zero attached hydrogens (tertiary/aromatic N) is 3. The number of methoxy groups -OCH3 is 2. The van der Waals surface area contributed by atoms with Crippen LogP contribution in [0.5, 0.6) is 11.5 Å². The molecule has 0 saturated carbocycles. The van der Waals surface area contributed by atoms with E-state index in [-0.39, 0.29) is 0 Å². The Labute approximate surface area is 139 Å². The van der Waals surface area contributed by atoms with Gasteiger partial charge < -0.3 is 14.0 Å². The van der Waals surface area contributed by atoms with Crippen LogP contribution in [0, 0.1) is 0 Å². The molecular formula is C19H17N3O2. The van der Waals surface area contributed by atoms with Crippen molar-refractivity contribution in [1.82, 2.24) is 14.5 Å². The quantitative estimate of drug-likeness (QED) is 0.576. The highest BCUT2D eigenvalue weighted by Gasteiger charge is 2.19. The van der Waals surface area contributed by atoms with Gasteiger partial charge in [0.2, 0.25) is 0 Å². The lowest BCUT2D eigenvalue weighted by atomic mass is 9.98. The number of hydrogen-bond acceptors (Lipinski definition) is 4. The first kappa shape index (κ1) is 14.5. The van der Waals surface area contributed by atoms with Gasteiger partial charge in [0.1, 0.15) is 17.8 Å². The van der Waals surface area contributed by atoms with Gasteiger partial charge in [-0.15, -0.1) is 0 Å². The fraction of sp³-hybridized carbons (Fsp3) is 0.158. The van der Waals surface area contributed by atoms with Gasteiger partial charge in [0, 0.05) is 35.8 Å². The van der Waals surface area contributed by atoms with Crippen molar-refractivity contribution in [2.24, 2.45) is 7.05 Å². The number of aryl methyl sites for hydroxylation is 1. The highest BCUT2D eigenvalue weighted by Crippen LogP contribution is 2.43. The molecule has 0 bridgehead atoms. The van der Waals surface area contributed by atoms with Gasteiger partial charge in [0.05, 0.1) is 30.8 Å². The molecule has 4 aromatic rings. The fourth-order valence-electron chi connectivity index (χ4n) is 3.26. The van der Waals surface area contributed by atoms with Gasteiger partial charge in [-0.1, -0.05) is 6.07 Å². The zero-order valence-corrected chi connectivity index (χ0v) is 13.8. The van der Waals surface area contributed by atoms with E-state index < -0.39 is 0 Å². The van der Waals surface area contributed by atoms with Gasteiger partial charge in [0.15, 0.2) is 0 Å². The summed E-state index contributed by atoms with van der Waals surface area (Å²) in [5, 5.41) is 2.14. The predicted molar refractivity (Wildman–Crippen MR) is 94.6 cm³/mol. The summed E-state index contributed by atoms with van der Waals surface area (Å²) in [6.45, 7) is 0. The van der Waals surface area contributed by atoms with Crippen LogP contribution in [0.1, 0.15) is 0 Å². The molecule has 4 rings (SSSR count). The standard InChI is InChI=1S/C19H17N3O2/c1-22-8-7-12-14-10-20-11-21-15(14)9-13(19(12)22)18-16(23-2)5-4-6-17(18)24-3/h4-11H,1-3H3. The van der Waals surface area contributed by atoms with E-state index in [1.165, 1.54) is 0 Å². The Morgan fingerprint density at radius 3 is 2.46 bits per heavy atom. The highest BCUT2D eigenvalue weighted by molar-refractivity contribution is 6.12. The summed E-state index contributed by atoms with van der Waals surface area (Å²) in [4.78, 5) is 8.61. The summed E-state index contributed by atoms with van der Waals surface area (Å²) in [5.41, 5.74) is 3.94. The molecule has 0 aliphatic carbocycles. The predicted octanol–water partition coefficient (Wildman–Crippen LogP) is 3.81. The maximum atomic E-state index is 5.60. The lowest BCUT2D eigenvalue weighted by molar-refractivity contribution is 0.397. The van der Waals surface area contributed by atoms with Crippen LogP contribution in [0.25, 0.3) is 32.9 Å². The third kappa shape index (κ3) is 2.01. The molecule has 2 aromatic carbocycles. The Morgan fingerprint density at radius 1 is 1.00 bits per heavy atom. The molecule has 0 aliphatic heterocycles. The highest BCUT2D eigenvalue weighted by atomic mass is 16.5. The maximum absolute atomic E-state index is 5.60. The minimum absolute atomic E-state index is 0.769. The van der Waals surface area contributed by atoms with E-state index in [0.717, 1.165) is 44.4 Å². The van der Waals surface area contributed by atoms with E-state index in [1.807, 2.05) is 37.6 Å². The van der Waals surface area contributed by atoms with Crippen LogP contribution in [0.3, 0.4) is 0 Å². The largest absolute Gasteiger partial charge is 0.496 e. The average molecular weight is 319 g/mol. The minimum Gasteiger partial charge on any atom is -0.496 e. The van der Waals surface area contributed by atoms with Crippen LogP contribution in [-0.2, 0) is 7.05 Å². The van der Waals surface area contributed by atoms with Crippen LogP contribution in [0.15, 0.2) is 49.1 Å². The fourth-order valence-corrected chi connectivity index (χ4v) is 3.26. The molecule has 0 saturated heterocycles. The Hall–Kier alpha value is -3.08. The van der Waals surface area contributed by atoms with E-state index in [1.54, 1.807) is 20.5 Å². The molecule has 120 valence electrons. The zero-order valence-electron chi connectivity index (χ0n) is 13.8. The van der Waals surface area contributed by atoms with E-state index in [0.29, 0.717) is 0 Å². The number of rotatable bonds is 3. The maximum Gasteiger partial charge on any atom is 0.130 e. The van der Waals surface area contributed by atoms with E-state index in [9.17, 15) is 0 Å². The van der Waals surface area contributed by atoms with Crippen molar-refractivity contribution in [2.45, 2.75) is 0 Å². The molecule has 0 amide bonds. The topological polar surface area (TPSA) is 49.2 Å². The molecule has 5 nitrogen and oxygen atoms in total. The molecule has 0 N–H and O–H groups in total. The number of fused-ring (bicyclic) bond motifs is 3. The monoisotopic (exact) mass is 319 g/mol. The molecule has 2 aromatic heterocycles. The summed E-state index contributed by atoms with van der Waals surface area (Å²) < 4.78 is 13.3. The van der Waals surface area contributed by atoms with Crippen LogP contribution in [-0.4, -0.2) is 28.8 Å². The van der Waals surface area contributed by atoms with Gasteiger partial charge in [0.25, 0.3) is 0 Å². The Balaban J connectivity index is 2.19. The smallest absolute Gasteiger partial charge is 0.130 e. The van der Waals surface area contributed by atoms with Gasteiger partial charge in [-0.3, -0.25) is 0 Å². The van der Waals surface area contributed by atoms with Gasteiger partial charge in [-0.2, -0.15) is 0 Å². The molecule has 0 aliphatic rings. The van der Waals surface area contributed by atoms with Crippen LogP contribution in [0.2, 0.25) is 0 Å². The minimum atomic E-state index is 0.769. The second-order valence-corrected chi connectivity index (χ2v) is 5.61. The second kappa shape index (κ2) is 5.53. The molecule has 0 radical (unpaired) electrons. The summed E-state index contributed by atoms with van der Waals surface area (Å²) in [6.07, 6.45) is 5.47. The molecule has 0 atom stereocenters. The lowest BCUT2D eigenvalue weighted by Gasteiger charge is -2.16. The third-order valence-corrected chi connectivity index (χ3v) is 4.34. The van der Waals surface area contributed by atoms with Crippen LogP contribution < -0.4 is 9.47 Å². The third-order valence-electron chi connectivity index (χ3n) is 4.34. The number of benzene rings is 2. The molecule has 0 fully saturated rings. The van der Waals surface area contributed by atoms with Crippen molar-refractivity contribution in [3.63, 3.8) is 0 Å². The molecule has 0 spiro atoms. The van der Waals surface area contributed by atoms with E-state index >= 15 is 0 Å². The zero-order chi connectivity index (χ0) is 16.7. The normalized spacial score (nSPS) is 11.1. The van der Waals surface area contributed by atoms with Crippen molar-refractivity contribution in [3.8, 4) is 22.6 Å². The molecule has 5 heteroatoms. The SMILES string of the molecule is COc1cccc(OC)c1-c1cc2ncncc2c2ccn(C)c12. The second-order valence-electron chi connectivity index (χ2n) is 5.61. The summed E-state index contributed by atoms with van der Waals surface area (Å²) in [7, 11) is 5.37. The lowest BCUT2D eigenvalue weighted by Crippen LogP contribution is -1.96. The number of hydrogen-bond donors (Lipinski definition) is 0. The Kier molecular flexibility index (Phi) is 3.34. The van der Waals surface area contributed by atoms with Crippen molar-refractivity contribution in [3.05, 3.63) is 49.1 Å². The van der Waals surface area contributed by atoms with Crippen molar-refractivity contribution < 1.29 is 9.47 Å². The van der Waals surface area contributed by atoms with Gasteiger partial charge in [-0.25, -0.2) is 9.97 Å². The molecule has 0 unspecified atom stereocenters. The summed E-state index contributed by atoms with van der Waals surface area (Å²) >= 11 is 0. The number of aromatic nitrogens is 3. The first-order valence-electron chi connectivity index (χ1n) is 7.63. The van der Waals surface area contributed by atoms with Crippen LogP contribution >= 0.6 is 0 Å². The van der Waals surface area contributed by atoms with E-state index in [2.05, 4.69) is 26.7 Å².